The summed E-state index contributed by atoms with van der Waals surface area (Å²) in [5.41, 5.74) is 0.466. The first-order valence-electron chi connectivity index (χ1n) is 10.1. The highest BCUT2D eigenvalue weighted by atomic mass is 16.5. The van der Waals surface area contributed by atoms with E-state index in [4.69, 9.17) is 4.74 Å². The van der Waals surface area contributed by atoms with Gasteiger partial charge < -0.3 is 15.2 Å². The topological polar surface area (TPSA) is 75.6 Å². The number of unbranched alkanes of at least 4 members (excludes halogenated alkanes) is 3. The van der Waals surface area contributed by atoms with Gasteiger partial charge in [-0.05, 0) is 17.5 Å². The van der Waals surface area contributed by atoms with Gasteiger partial charge in [0.15, 0.2) is 5.75 Å². The van der Waals surface area contributed by atoms with E-state index in [0.29, 0.717) is 6.61 Å². The average molecular weight is 393 g/mol. The molecule has 0 amide bonds. The molecule has 152 valence electrons. The lowest BCUT2D eigenvalue weighted by Crippen LogP contribution is -2.37. The molecule has 3 aromatic carbocycles. The minimum atomic E-state index is -0.902. The minimum absolute atomic E-state index is 0.0766. The standard InChI is InChI=1S/C24H27NO4/c1-2-3-4-11-16-29-24-20(22(27)23(24)28)25-19(17-12-7-5-8-13-17)21(26)18-14-9-6-10-15-18/h5-10,12-15,19,21,25-26H,2-4,11,16H2,1H3. The summed E-state index contributed by atoms with van der Waals surface area (Å²) in [7, 11) is 0. The lowest BCUT2D eigenvalue weighted by atomic mass is 9.95. The smallest absolute Gasteiger partial charge is 0.272 e. The molecule has 5 heteroatoms. The predicted molar refractivity (Wildman–Crippen MR) is 115 cm³/mol. The van der Waals surface area contributed by atoms with Crippen LogP contribution in [-0.2, 0) is 0 Å². The van der Waals surface area contributed by atoms with Gasteiger partial charge in [-0.3, -0.25) is 9.59 Å². The number of nitrogens with one attached hydrogen (secondary N) is 1. The molecule has 3 aromatic rings. The van der Waals surface area contributed by atoms with E-state index in [9.17, 15) is 14.7 Å². The Kier molecular flexibility index (Phi) is 7.19. The molecule has 0 heterocycles. The van der Waals surface area contributed by atoms with Crippen LogP contribution in [0.3, 0.4) is 0 Å². The second-order valence-corrected chi connectivity index (χ2v) is 7.16. The summed E-state index contributed by atoms with van der Waals surface area (Å²) in [6.45, 7) is 2.53. The summed E-state index contributed by atoms with van der Waals surface area (Å²) in [5.74, 6) is 0.0766. The number of ether oxygens (including phenoxy) is 1. The van der Waals surface area contributed by atoms with Gasteiger partial charge in [-0.2, -0.15) is 0 Å². The first-order valence-corrected chi connectivity index (χ1v) is 10.1. The van der Waals surface area contributed by atoms with Gasteiger partial charge in [0, 0.05) is 0 Å². The van der Waals surface area contributed by atoms with E-state index in [1.165, 1.54) is 0 Å². The summed E-state index contributed by atoms with van der Waals surface area (Å²) in [6.07, 6.45) is 3.18. The molecule has 2 unspecified atom stereocenters. The Bertz CT molecular complexity index is 962. The van der Waals surface area contributed by atoms with Crippen LogP contribution >= 0.6 is 0 Å². The number of hydrogen-bond donors (Lipinski definition) is 2. The maximum absolute atomic E-state index is 12.2. The van der Waals surface area contributed by atoms with Crippen molar-refractivity contribution in [1.29, 1.82) is 0 Å². The first-order chi connectivity index (χ1) is 14.1. The SMILES string of the molecule is CCCCCCOc1c(NC(c2ccccc2)C(O)c2ccccc2)c(=O)c1=O. The molecule has 2 atom stereocenters. The molecular formula is C24H27NO4. The number of hydrogen-bond acceptors (Lipinski definition) is 5. The van der Waals surface area contributed by atoms with Crippen molar-refractivity contribution in [1.82, 2.24) is 0 Å². The largest absolute Gasteiger partial charge is 0.487 e. The second kappa shape index (κ2) is 10.0. The maximum atomic E-state index is 12.2. The Labute approximate surface area is 170 Å². The lowest BCUT2D eigenvalue weighted by Gasteiger charge is -2.27. The highest BCUT2D eigenvalue weighted by molar-refractivity contribution is 5.63. The predicted octanol–water partition coefficient (Wildman–Crippen LogP) is 4.13. The van der Waals surface area contributed by atoms with Gasteiger partial charge in [0.2, 0.25) is 0 Å². The van der Waals surface area contributed by atoms with Crippen LogP contribution in [0.2, 0.25) is 0 Å². The van der Waals surface area contributed by atoms with Gasteiger partial charge in [-0.15, -0.1) is 0 Å². The monoisotopic (exact) mass is 393 g/mol. The molecule has 0 aliphatic rings. The van der Waals surface area contributed by atoms with Gasteiger partial charge in [-0.1, -0.05) is 86.8 Å². The molecule has 0 fully saturated rings. The van der Waals surface area contributed by atoms with E-state index in [0.717, 1.165) is 36.8 Å². The Morgan fingerprint density at radius 1 is 0.862 bits per heavy atom. The molecule has 0 spiro atoms. The van der Waals surface area contributed by atoms with Crippen molar-refractivity contribution in [2.24, 2.45) is 0 Å². The van der Waals surface area contributed by atoms with Crippen LogP contribution in [0.5, 0.6) is 5.75 Å². The van der Waals surface area contributed by atoms with Gasteiger partial charge in [0.05, 0.1) is 12.6 Å². The van der Waals surface area contributed by atoms with E-state index in [1.54, 1.807) is 0 Å². The molecular weight excluding hydrogens is 366 g/mol. The Balaban J connectivity index is 1.81. The fraction of sp³-hybridized carbons (Fsp3) is 0.333. The third-order valence-electron chi connectivity index (χ3n) is 5.03. The first kappa shape index (κ1) is 20.8. The van der Waals surface area contributed by atoms with Crippen LogP contribution in [0.1, 0.15) is 55.9 Å². The number of benzene rings is 2. The third-order valence-corrected chi connectivity index (χ3v) is 5.03. The molecule has 0 bridgehead atoms. The van der Waals surface area contributed by atoms with Gasteiger partial charge >= 0.3 is 0 Å². The molecule has 2 N–H and O–H groups in total. The van der Waals surface area contributed by atoms with E-state index < -0.39 is 23.0 Å². The summed E-state index contributed by atoms with van der Waals surface area (Å²) in [5, 5.41) is 14.1. The van der Waals surface area contributed by atoms with E-state index in [-0.39, 0.29) is 11.4 Å². The zero-order valence-electron chi connectivity index (χ0n) is 16.6. The average Bonchev–Trinajstić information content (AvgIpc) is 2.78. The summed E-state index contributed by atoms with van der Waals surface area (Å²) < 4.78 is 5.61. The molecule has 5 nitrogen and oxygen atoms in total. The second-order valence-electron chi connectivity index (χ2n) is 7.16. The number of anilines is 1. The molecule has 0 radical (unpaired) electrons. The zero-order chi connectivity index (χ0) is 20.6. The molecule has 29 heavy (non-hydrogen) atoms. The minimum Gasteiger partial charge on any atom is -0.487 e. The van der Waals surface area contributed by atoms with Crippen molar-refractivity contribution in [2.45, 2.75) is 44.8 Å². The maximum Gasteiger partial charge on any atom is 0.272 e. The van der Waals surface area contributed by atoms with Crippen molar-refractivity contribution < 1.29 is 9.84 Å². The molecule has 0 saturated carbocycles. The summed E-state index contributed by atoms with van der Waals surface area (Å²) in [6, 6.07) is 18.0. The highest BCUT2D eigenvalue weighted by Crippen LogP contribution is 2.33. The van der Waals surface area contributed by atoms with Crippen LogP contribution in [0.25, 0.3) is 0 Å². The molecule has 3 rings (SSSR count). The van der Waals surface area contributed by atoms with Crippen LogP contribution in [-0.4, -0.2) is 11.7 Å². The van der Waals surface area contributed by atoms with E-state index in [1.807, 2.05) is 60.7 Å². The number of rotatable bonds is 11. The third kappa shape index (κ3) is 4.93. The zero-order valence-corrected chi connectivity index (χ0v) is 16.6. The molecule has 0 saturated heterocycles. The summed E-state index contributed by atoms with van der Waals surface area (Å²) >= 11 is 0. The fourth-order valence-corrected chi connectivity index (χ4v) is 3.35. The van der Waals surface area contributed by atoms with Gasteiger partial charge in [0.1, 0.15) is 11.8 Å². The Hall–Kier alpha value is -2.92. The molecule has 0 aliphatic carbocycles. The van der Waals surface area contributed by atoms with Gasteiger partial charge in [0.25, 0.3) is 10.9 Å². The quantitative estimate of drug-likeness (QED) is 0.378. The van der Waals surface area contributed by atoms with Crippen LogP contribution in [0.4, 0.5) is 5.69 Å². The van der Waals surface area contributed by atoms with E-state index >= 15 is 0 Å². The molecule has 0 aromatic heterocycles. The fourth-order valence-electron chi connectivity index (χ4n) is 3.35. The Morgan fingerprint density at radius 3 is 2.10 bits per heavy atom. The van der Waals surface area contributed by atoms with Gasteiger partial charge in [-0.25, -0.2) is 0 Å². The molecule has 0 aliphatic heterocycles. The van der Waals surface area contributed by atoms with Crippen molar-refractivity contribution in [3.8, 4) is 5.75 Å². The van der Waals surface area contributed by atoms with Crippen molar-refractivity contribution in [3.63, 3.8) is 0 Å². The van der Waals surface area contributed by atoms with Crippen LogP contribution in [0, 0.1) is 0 Å². The van der Waals surface area contributed by atoms with Crippen molar-refractivity contribution in [3.05, 3.63) is 92.2 Å². The van der Waals surface area contributed by atoms with Crippen LogP contribution < -0.4 is 20.9 Å². The number of aliphatic hydroxyl groups excluding tert-OH is 1. The normalized spacial score (nSPS) is 13.2. The summed E-state index contributed by atoms with van der Waals surface area (Å²) in [4.78, 5) is 24.2. The lowest BCUT2D eigenvalue weighted by molar-refractivity contribution is 0.154. The highest BCUT2D eigenvalue weighted by Gasteiger charge is 2.29. The van der Waals surface area contributed by atoms with E-state index in [2.05, 4.69) is 12.2 Å². The number of aliphatic hydroxyl groups is 1. The Morgan fingerprint density at radius 2 is 1.48 bits per heavy atom. The van der Waals surface area contributed by atoms with Crippen molar-refractivity contribution in [2.75, 3.05) is 11.9 Å². The van der Waals surface area contributed by atoms with Crippen molar-refractivity contribution >= 4 is 5.69 Å². The van der Waals surface area contributed by atoms with Crippen LogP contribution in [0.15, 0.2) is 70.3 Å².